The van der Waals surface area contributed by atoms with E-state index in [4.69, 9.17) is 37.0 Å². The van der Waals surface area contributed by atoms with E-state index in [0.717, 1.165) is 102 Å². The molecule has 0 fully saturated rings. The molecular weight excluding hydrogens is 1150 g/mol. The fourth-order valence-electron chi connectivity index (χ4n) is 10.2. The van der Waals surface area contributed by atoms with Gasteiger partial charge in [0.25, 0.3) is 0 Å². The normalized spacial score (nSPS) is 14.5. The van der Waals surface area contributed by atoms with Crippen molar-refractivity contribution in [2.45, 2.75) is 362 Å². The number of aliphatic hydroxyl groups is 1. The molecule has 0 amide bonds. The SMILES string of the molecule is CCCCCCCCCCCC(=O)OC[C@H](COP(=O)(O)OC[C@H](O)COP(=O)(O)OC[C@@H](COC(=O)CCCCCCCCCCCCC(C)CC)OC(=O)CCCCCCCCCCCCCCC(C)C)OC(=O)CCCCCCCCCCC. The van der Waals surface area contributed by atoms with E-state index in [-0.39, 0.29) is 25.7 Å². The van der Waals surface area contributed by atoms with Crippen LogP contribution in [0.15, 0.2) is 0 Å². The van der Waals surface area contributed by atoms with Gasteiger partial charge in [0.05, 0.1) is 26.4 Å². The van der Waals surface area contributed by atoms with Crippen molar-refractivity contribution in [2.24, 2.45) is 11.8 Å². The second kappa shape index (κ2) is 60.3. The number of rotatable bonds is 67. The number of ether oxygens (including phenoxy) is 4. The number of carbonyl (C=O) groups excluding carboxylic acids is 4. The maximum absolute atomic E-state index is 13.0. The smallest absolute Gasteiger partial charge is 0.462 e. The zero-order valence-electron chi connectivity index (χ0n) is 56.3. The zero-order chi connectivity index (χ0) is 64.3. The topological polar surface area (TPSA) is 237 Å². The fraction of sp³-hybridized carbons (Fsp3) is 0.941. The van der Waals surface area contributed by atoms with Crippen LogP contribution < -0.4 is 0 Å². The summed E-state index contributed by atoms with van der Waals surface area (Å²) in [6.45, 7) is 9.54. The quantitative estimate of drug-likeness (QED) is 0.0222. The van der Waals surface area contributed by atoms with Crippen molar-refractivity contribution in [1.29, 1.82) is 0 Å². The molecule has 0 radical (unpaired) electrons. The fourth-order valence-corrected chi connectivity index (χ4v) is 11.8. The van der Waals surface area contributed by atoms with Gasteiger partial charge in [-0.05, 0) is 37.5 Å². The Kier molecular flexibility index (Phi) is 59.0. The molecule has 0 aromatic carbocycles. The second-order valence-electron chi connectivity index (χ2n) is 25.3. The summed E-state index contributed by atoms with van der Waals surface area (Å²) in [7, 11) is -9.89. The van der Waals surface area contributed by atoms with Crippen molar-refractivity contribution in [3.8, 4) is 0 Å². The van der Waals surface area contributed by atoms with E-state index in [9.17, 15) is 43.2 Å². The van der Waals surface area contributed by atoms with E-state index in [2.05, 4.69) is 41.5 Å². The van der Waals surface area contributed by atoms with Gasteiger partial charge in [0.2, 0.25) is 0 Å². The molecule has 0 spiro atoms. The average molecular weight is 1280 g/mol. The summed E-state index contributed by atoms with van der Waals surface area (Å²) >= 11 is 0. The van der Waals surface area contributed by atoms with Gasteiger partial charge in [-0.2, -0.15) is 0 Å². The molecule has 0 saturated heterocycles. The van der Waals surface area contributed by atoms with Crippen LogP contribution >= 0.6 is 15.6 Å². The third-order valence-corrected chi connectivity index (χ3v) is 18.0. The summed E-state index contributed by atoms with van der Waals surface area (Å²) < 4.78 is 68.1. The molecule has 0 saturated carbocycles. The highest BCUT2D eigenvalue weighted by atomic mass is 31.2. The van der Waals surface area contributed by atoms with Crippen LogP contribution in [0.3, 0.4) is 0 Å². The summed E-state index contributed by atoms with van der Waals surface area (Å²) in [6, 6.07) is 0. The molecule has 6 atom stereocenters. The molecule has 0 aromatic rings. The summed E-state index contributed by atoms with van der Waals surface area (Å²) in [5.74, 6) is -0.542. The molecular formula is C68H132O17P2. The Morgan fingerprint density at radius 2 is 0.586 bits per heavy atom. The first-order valence-electron chi connectivity index (χ1n) is 35.5. The second-order valence-corrected chi connectivity index (χ2v) is 28.2. The minimum absolute atomic E-state index is 0.106. The molecule has 0 rings (SSSR count). The molecule has 516 valence electrons. The van der Waals surface area contributed by atoms with Crippen molar-refractivity contribution in [1.82, 2.24) is 0 Å². The van der Waals surface area contributed by atoms with Gasteiger partial charge in [-0.3, -0.25) is 37.3 Å². The molecule has 0 aliphatic heterocycles. The number of phosphoric ester groups is 2. The van der Waals surface area contributed by atoms with Gasteiger partial charge in [0.15, 0.2) is 12.2 Å². The zero-order valence-corrected chi connectivity index (χ0v) is 58.1. The van der Waals surface area contributed by atoms with Gasteiger partial charge in [0.1, 0.15) is 19.3 Å². The lowest BCUT2D eigenvalue weighted by atomic mass is 9.99. The molecule has 0 aliphatic carbocycles. The molecule has 0 heterocycles. The lowest BCUT2D eigenvalue weighted by Gasteiger charge is -2.21. The lowest BCUT2D eigenvalue weighted by Crippen LogP contribution is -2.30. The van der Waals surface area contributed by atoms with E-state index in [0.29, 0.717) is 25.7 Å². The van der Waals surface area contributed by atoms with Gasteiger partial charge >= 0.3 is 39.5 Å². The van der Waals surface area contributed by atoms with Crippen molar-refractivity contribution < 1.29 is 80.2 Å². The molecule has 17 nitrogen and oxygen atoms in total. The predicted octanol–water partition coefficient (Wildman–Crippen LogP) is 19.2. The first kappa shape index (κ1) is 85.1. The largest absolute Gasteiger partial charge is 0.472 e. The molecule has 19 heteroatoms. The van der Waals surface area contributed by atoms with Gasteiger partial charge in [-0.15, -0.1) is 0 Å². The summed E-state index contributed by atoms with van der Waals surface area (Å²) in [6.07, 6.45) is 44.3. The molecule has 3 N–H and O–H groups in total. The Bertz CT molecular complexity index is 1700. The van der Waals surface area contributed by atoms with E-state index < -0.39 is 97.5 Å². The predicted molar refractivity (Wildman–Crippen MR) is 349 cm³/mol. The van der Waals surface area contributed by atoms with Gasteiger partial charge in [0, 0.05) is 25.7 Å². The maximum Gasteiger partial charge on any atom is 0.472 e. The van der Waals surface area contributed by atoms with Crippen molar-refractivity contribution in [3.63, 3.8) is 0 Å². The van der Waals surface area contributed by atoms with Crippen LogP contribution in [0.25, 0.3) is 0 Å². The van der Waals surface area contributed by atoms with Crippen LogP contribution in [0.5, 0.6) is 0 Å². The average Bonchev–Trinajstić information content (AvgIpc) is 3.71. The minimum Gasteiger partial charge on any atom is -0.462 e. The number of carbonyl (C=O) groups is 4. The van der Waals surface area contributed by atoms with Crippen LogP contribution in [0, 0.1) is 11.8 Å². The number of hydrogen-bond donors (Lipinski definition) is 3. The summed E-state index contributed by atoms with van der Waals surface area (Å²) in [4.78, 5) is 72.4. The first-order valence-corrected chi connectivity index (χ1v) is 38.5. The van der Waals surface area contributed by atoms with Crippen LogP contribution in [0.1, 0.15) is 343 Å². The molecule has 3 unspecified atom stereocenters. The van der Waals surface area contributed by atoms with Crippen LogP contribution in [-0.2, 0) is 65.4 Å². The van der Waals surface area contributed by atoms with Crippen LogP contribution in [0.2, 0.25) is 0 Å². The molecule has 0 aromatic heterocycles. The molecule has 0 aliphatic rings. The molecule has 0 bridgehead atoms. The van der Waals surface area contributed by atoms with Crippen molar-refractivity contribution in [2.75, 3.05) is 39.6 Å². The summed E-state index contributed by atoms with van der Waals surface area (Å²) in [5, 5.41) is 10.6. The third kappa shape index (κ3) is 61.3. The highest BCUT2D eigenvalue weighted by Gasteiger charge is 2.30. The Balaban J connectivity index is 5.23. The first-order chi connectivity index (χ1) is 41.9. The lowest BCUT2D eigenvalue weighted by molar-refractivity contribution is -0.161. The summed E-state index contributed by atoms with van der Waals surface area (Å²) in [5.41, 5.74) is 0. The number of esters is 4. The van der Waals surface area contributed by atoms with E-state index in [1.165, 1.54) is 161 Å². The monoisotopic (exact) mass is 1280 g/mol. The van der Waals surface area contributed by atoms with E-state index in [1.807, 2.05) is 0 Å². The van der Waals surface area contributed by atoms with E-state index in [1.54, 1.807) is 0 Å². The Morgan fingerprint density at radius 1 is 0.333 bits per heavy atom. The molecule has 87 heavy (non-hydrogen) atoms. The number of aliphatic hydroxyl groups excluding tert-OH is 1. The van der Waals surface area contributed by atoms with Crippen molar-refractivity contribution >= 4 is 39.5 Å². The van der Waals surface area contributed by atoms with E-state index >= 15 is 0 Å². The van der Waals surface area contributed by atoms with Gasteiger partial charge in [-0.25, -0.2) is 9.13 Å². The number of phosphoric acid groups is 2. The van der Waals surface area contributed by atoms with Crippen LogP contribution in [-0.4, -0.2) is 96.7 Å². The standard InChI is InChI=1S/C68H132O17P2/c1-7-10-12-14-16-24-32-38-44-50-65(70)78-56-63(84-67(72)52-46-40-34-25-17-15-13-11-8-2)58-82-86(74,75)80-54-62(69)55-81-87(76,77)83-59-64(57-79-66(71)51-45-39-33-28-23-22-27-31-37-43-49-61(6)9-3)85-68(73)53-47-41-35-29-21-19-18-20-26-30-36-42-48-60(4)5/h60-64,69H,7-59H2,1-6H3,(H,74,75)(H,76,77)/t61?,62-,63+,64+/m0/s1. The Hall–Kier alpha value is -1.94. The highest BCUT2D eigenvalue weighted by Crippen LogP contribution is 2.45. The van der Waals surface area contributed by atoms with Crippen LogP contribution in [0.4, 0.5) is 0 Å². The Morgan fingerprint density at radius 3 is 0.874 bits per heavy atom. The number of unbranched alkanes of at least 4 members (excludes halogenated alkanes) is 36. The highest BCUT2D eigenvalue weighted by molar-refractivity contribution is 7.47. The van der Waals surface area contributed by atoms with Gasteiger partial charge in [-0.1, -0.05) is 292 Å². The van der Waals surface area contributed by atoms with Crippen molar-refractivity contribution in [3.05, 3.63) is 0 Å². The Labute approximate surface area is 530 Å². The third-order valence-electron chi connectivity index (χ3n) is 16.1. The maximum atomic E-state index is 13.0. The van der Waals surface area contributed by atoms with Gasteiger partial charge < -0.3 is 33.8 Å². The number of hydrogen-bond acceptors (Lipinski definition) is 15. The minimum atomic E-state index is -4.95.